The molecule has 38 heavy (non-hydrogen) atoms. The first kappa shape index (κ1) is 27.5. The number of rotatable bonds is 12. The van der Waals surface area contributed by atoms with Crippen molar-refractivity contribution in [2.45, 2.75) is 64.0 Å². The van der Waals surface area contributed by atoms with Crippen LogP contribution in [0.15, 0.2) is 66.7 Å². The second-order valence-electron chi connectivity index (χ2n) is 9.86. The fourth-order valence-electron chi connectivity index (χ4n) is 4.95. The highest BCUT2D eigenvalue weighted by Gasteiger charge is 2.30. The Labute approximate surface area is 227 Å². The monoisotopic (exact) mass is 533 g/mol. The van der Waals surface area contributed by atoms with Gasteiger partial charge in [0.15, 0.2) is 0 Å². The van der Waals surface area contributed by atoms with E-state index >= 15 is 0 Å². The van der Waals surface area contributed by atoms with E-state index in [4.69, 9.17) is 5.21 Å². The van der Waals surface area contributed by atoms with Gasteiger partial charge in [0.05, 0.1) is 0 Å². The Morgan fingerprint density at radius 1 is 0.947 bits per heavy atom. The van der Waals surface area contributed by atoms with Gasteiger partial charge < -0.3 is 10.6 Å². The molecule has 0 saturated heterocycles. The van der Waals surface area contributed by atoms with Gasteiger partial charge in [-0.3, -0.25) is 19.6 Å². The number of nitrogens with one attached hydrogen (secondary N) is 3. The van der Waals surface area contributed by atoms with Gasteiger partial charge in [0.25, 0.3) is 0 Å². The van der Waals surface area contributed by atoms with Crippen molar-refractivity contribution in [1.82, 2.24) is 16.1 Å². The molecule has 2 atom stereocenters. The summed E-state index contributed by atoms with van der Waals surface area (Å²) >= 11 is 1.60. The summed E-state index contributed by atoms with van der Waals surface area (Å²) in [6.07, 6.45) is 3.87. The van der Waals surface area contributed by atoms with Crippen LogP contribution in [0.25, 0.3) is 10.4 Å². The van der Waals surface area contributed by atoms with Crippen LogP contribution in [-0.4, -0.2) is 35.0 Å². The SMILES string of the molecule is CCCC[C@H](CC(=O)NO)C(=O)NC(Cc1ccc(-c2ccccc2)s1)C(=O)NC1Cc2ccccc2C1. The summed E-state index contributed by atoms with van der Waals surface area (Å²) in [7, 11) is 0. The van der Waals surface area contributed by atoms with E-state index in [2.05, 4.69) is 22.8 Å². The lowest BCUT2D eigenvalue weighted by Gasteiger charge is -2.23. The second-order valence-corrected chi connectivity index (χ2v) is 11.0. The number of hydroxylamine groups is 1. The van der Waals surface area contributed by atoms with Crippen molar-refractivity contribution in [2.75, 3.05) is 0 Å². The smallest absolute Gasteiger partial charge is 0.244 e. The lowest BCUT2D eigenvalue weighted by molar-refractivity contribution is -0.136. The van der Waals surface area contributed by atoms with Crippen LogP contribution in [0.4, 0.5) is 0 Å². The molecule has 1 heterocycles. The summed E-state index contributed by atoms with van der Waals surface area (Å²) in [6, 6.07) is 21.5. The van der Waals surface area contributed by atoms with Crippen LogP contribution in [-0.2, 0) is 33.6 Å². The first-order valence-corrected chi connectivity index (χ1v) is 14.0. The minimum atomic E-state index is -0.783. The predicted molar refractivity (Wildman–Crippen MR) is 149 cm³/mol. The Morgan fingerprint density at radius 2 is 1.63 bits per heavy atom. The number of amides is 3. The number of thiophene rings is 1. The van der Waals surface area contributed by atoms with Gasteiger partial charge in [-0.05, 0) is 48.1 Å². The van der Waals surface area contributed by atoms with Crippen molar-refractivity contribution in [1.29, 1.82) is 0 Å². The zero-order valence-electron chi connectivity index (χ0n) is 21.6. The van der Waals surface area contributed by atoms with Crippen LogP contribution >= 0.6 is 11.3 Å². The number of benzene rings is 2. The number of hydrogen-bond donors (Lipinski definition) is 4. The van der Waals surface area contributed by atoms with Gasteiger partial charge in [0, 0.05) is 34.6 Å². The van der Waals surface area contributed by atoms with E-state index in [1.807, 2.05) is 61.5 Å². The largest absolute Gasteiger partial charge is 0.351 e. The maximum atomic E-state index is 13.5. The quantitative estimate of drug-likeness (QED) is 0.204. The van der Waals surface area contributed by atoms with Gasteiger partial charge in [-0.2, -0.15) is 0 Å². The third-order valence-corrected chi connectivity index (χ3v) is 8.15. The normalized spacial score (nSPS) is 14.4. The Hall–Kier alpha value is -3.49. The second kappa shape index (κ2) is 13.3. The minimum Gasteiger partial charge on any atom is -0.351 e. The van der Waals surface area contributed by atoms with Gasteiger partial charge in [-0.25, -0.2) is 5.48 Å². The van der Waals surface area contributed by atoms with E-state index in [0.717, 1.165) is 41.0 Å². The molecule has 0 bridgehead atoms. The van der Waals surface area contributed by atoms with Gasteiger partial charge in [-0.1, -0.05) is 74.4 Å². The fraction of sp³-hybridized carbons (Fsp3) is 0.367. The highest BCUT2D eigenvalue weighted by Crippen LogP contribution is 2.29. The summed E-state index contributed by atoms with van der Waals surface area (Å²) in [4.78, 5) is 40.8. The minimum absolute atomic E-state index is 0.0291. The van der Waals surface area contributed by atoms with Crippen molar-refractivity contribution in [3.63, 3.8) is 0 Å². The molecule has 1 aliphatic rings. The first-order chi connectivity index (χ1) is 18.5. The van der Waals surface area contributed by atoms with Crippen molar-refractivity contribution < 1.29 is 19.6 Å². The Balaban J connectivity index is 1.50. The maximum absolute atomic E-state index is 13.5. The highest BCUT2D eigenvalue weighted by molar-refractivity contribution is 7.15. The molecule has 0 saturated carbocycles. The van der Waals surface area contributed by atoms with Crippen molar-refractivity contribution in [2.24, 2.45) is 5.92 Å². The van der Waals surface area contributed by atoms with Crippen LogP contribution < -0.4 is 16.1 Å². The van der Waals surface area contributed by atoms with Gasteiger partial charge in [0.2, 0.25) is 17.7 Å². The third kappa shape index (κ3) is 7.30. The van der Waals surface area contributed by atoms with E-state index in [1.54, 1.807) is 16.8 Å². The third-order valence-electron chi connectivity index (χ3n) is 6.99. The number of fused-ring (bicyclic) bond motifs is 1. The zero-order valence-corrected chi connectivity index (χ0v) is 22.4. The summed E-state index contributed by atoms with van der Waals surface area (Å²) in [5, 5.41) is 15.1. The molecular weight excluding hydrogens is 498 g/mol. The van der Waals surface area contributed by atoms with E-state index in [9.17, 15) is 14.4 Å². The summed E-state index contributed by atoms with van der Waals surface area (Å²) in [5.74, 6) is -1.82. The molecule has 4 N–H and O–H groups in total. The molecule has 1 unspecified atom stereocenters. The summed E-state index contributed by atoms with van der Waals surface area (Å²) in [5.41, 5.74) is 5.20. The molecule has 200 valence electrons. The van der Waals surface area contributed by atoms with Crippen molar-refractivity contribution >= 4 is 29.1 Å². The van der Waals surface area contributed by atoms with Crippen molar-refractivity contribution in [3.05, 3.63) is 82.7 Å². The molecule has 0 aliphatic heterocycles. The molecule has 3 aromatic rings. The summed E-state index contributed by atoms with van der Waals surface area (Å²) < 4.78 is 0. The molecule has 0 radical (unpaired) electrons. The van der Waals surface area contributed by atoms with Crippen molar-refractivity contribution in [3.8, 4) is 10.4 Å². The average molecular weight is 534 g/mol. The lowest BCUT2D eigenvalue weighted by Crippen LogP contribution is -2.52. The molecule has 7 nitrogen and oxygen atoms in total. The Kier molecular flexibility index (Phi) is 9.67. The van der Waals surface area contributed by atoms with Crippen LogP contribution in [0.3, 0.4) is 0 Å². The number of carbonyl (C=O) groups excluding carboxylic acids is 3. The van der Waals surface area contributed by atoms with Crippen LogP contribution in [0, 0.1) is 5.92 Å². The topological polar surface area (TPSA) is 108 Å². The van der Waals surface area contributed by atoms with E-state index in [0.29, 0.717) is 12.8 Å². The zero-order chi connectivity index (χ0) is 26.9. The lowest BCUT2D eigenvalue weighted by atomic mass is 9.96. The number of unbranched alkanes of at least 4 members (excludes halogenated alkanes) is 1. The maximum Gasteiger partial charge on any atom is 0.244 e. The van der Waals surface area contributed by atoms with Gasteiger partial charge >= 0.3 is 0 Å². The molecule has 8 heteroatoms. The molecule has 1 aromatic heterocycles. The number of hydrogen-bond acceptors (Lipinski definition) is 5. The first-order valence-electron chi connectivity index (χ1n) is 13.2. The Morgan fingerprint density at radius 3 is 2.29 bits per heavy atom. The van der Waals surface area contributed by atoms with Gasteiger partial charge in [-0.15, -0.1) is 11.3 Å². The molecule has 4 rings (SSSR count). The average Bonchev–Trinajstić information content (AvgIpc) is 3.57. The van der Waals surface area contributed by atoms with Crippen LogP contribution in [0.2, 0.25) is 0 Å². The molecule has 3 amide bonds. The molecule has 2 aromatic carbocycles. The highest BCUT2D eigenvalue weighted by atomic mass is 32.1. The van der Waals surface area contributed by atoms with Gasteiger partial charge in [0.1, 0.15) is 6.04 Å². The van der Waals surface area contributed by atoms with Crippen LogP contribution in [0.1, 0.15) is 48.6 Å². The summed E-state index contributed by atoms with van der Waals surface area (Å²) in [6.45, 7) is 2.01. The molecule has 0 spiro atoms. The number of carbonyl (C=O) groups is 3. The van der Waals surface area contributed by atoms with Crippen LogP contribution in [0.5, 0.6) is 0 Å². The Bertz CT molecular complexity index is 1220. The fourth-order valence-corrected chi connectivity index (χ4v) is 6.01. The van der Waals surface area contributed by atoms with E-state index in [-0.39, 0.29) is 24.3 Å². The standard InChI is InChI=1S/C30H35N3O4S/c1-2-3-9-23(18-28(34)33-37)29(35)32-26(19-25-14-15-27(38-25)20-10-5-4-6-11-20)30(36)31-24-16-21-12-7-8-13-22(21)17-24/h4-8,10-15,23-24,26,37H,2-3,9,16-19H2,1H3,(H,31,36)(H,32,35)(H,33,34)/t23-,26?/m1/s1. The molecule has 0 fully saturated rings. The van der Waals surface area contributed by atoms with E-state index in [1.165, 1.54) is 11.1 Å². The molecule has 1 aliphatic carbocycles. The van der Waals surface area contributed by atoms with E-state index < -0.39 is 17.9 Å². The molecular formula is C30H35N3O4S. The predicted octanol–water partition coefficient (Wildman–Crippen LogP) is 4.43.